The lowest BCUT2D eigenvalue weighted by atomic mass is 10.0. The molecular formula is C13H11BrClFN2O. The van der Waals surface area contributed by atoms with Gasteiger partial charge < -0.3 is 0 Å². The van der Waals surface area contributed by atoms with E-state index in [1.165, 1.54) is 16.8 Å². The van der Waals surface area contributed by atoms with Crippen LogP contribution in [0.1, 0.15) is 21.6 Å². The highest BCUT2D eigenvalue weighted by Gasteiger charge is 2.18. The lowest BCUT2D eigenvalue weighted by Crippen LogP contribution is -2.07. The fraction of sp³-hybridized carbons (Fsp3) is 0.231. The van der Waals surface area contributed by atoms with Gasteiger partial charge >= 0.3 is 0 Å². The zero-order valence-corrected chi connectivity index (χ0v) is 12.7. The summed E-state index contributed by atoms with van der Waals surface area (Å²) in [6.07, 6.45) is 0.0336. The first-order chi connectivity index (χ1) is 8.90. The van der Waals surface area contributed by atoms with Gasteiger partial charge in [-0.1, -0.05) is 27.5 Å². The van der Waals surface area contributed by atoms with Gasteiger partial charge in [0, 0.05) is 23.5 Å². The average molecular weight is 346 g/mol. The van der Waals surface area contributed by atoms with Crippen molar-refractivity contribution in [2.75, 3.05) is 0 Å². The van der Waals surface area contributed by atoms with E-state index >= 15 is 0 Å². The van der Waals surface area contributed by atoms with Crippen molar-refractivity contribution >= 4 is 33.3 Å². The molecule has 6 heteroatoms. The molecule has 0 N–H and O–H groups in total. The highest BCUT2D eigenvalue weighted by molar-refractivity contribution is 9.10. The minimum Gasteiger partial charge on any atom is -0.294 e. The maximum Gasteiger partial charge on any atom is 0.170 e. The molecule has 0 aliphatic carbocycles. The van der Waals surface area contributed by atoms with Crippen LogP contribution >= 0.6 is 27.5 Å². The van der Waals surface area contributed by atoms with Crippen LogP contribution in [0.25, 0.3) is 0 Å². The van der Waals surface area contributed by atoms with Crippen LogP contribution in [-0.2, 0) is 13.5 Å². The van der Waals surface area contributed by atoms with Crippen molar-refractivity contribution < 1.29 is 9.18 Å². The molecule has 0 aliphatic heterocycles. The van der Waals surface area contributed by atoms with E-state index in [0.29, 0.717) is 20.9 Å². The minimum absolute atomic E-state index is 0.0336. The Morgan fingerprint density at radius 3 is 2.79 bits per heavy atom. The molecule has 0 aliphatic rings. The topological polar surface area (TPSA) is 34.9 Å². The van der Waals surface area contributed by atoms with Crippen molar-refractivity contribution in [2.45, 2.75) is 13.3 Å². The normalized spacial score (nSPS) is 10.8. The van der Waals surface area contributed by atoms with Crippen LogP contribution in [0, 0.1) is 12.7 Å². The number of carbonyl (C=O) groups is 1. The molecule has 0 saturated heterocycles. The Balaban J connectivity index is 2.33. The Morgan fingerprint density at radius 2 is 2.21 bits per heavy atom. The monoisotopic (exact) mass is 344 g/mol. The standard InChI is InChI=1S/C13H11BrClFN2O/c1-7-9(13(15)18(2)17-7)6-12(19)10-5-8(14)3-4-11(10)16/h3-5H,6H2,1-2H3. The zero-order chi connectivity index (χ0) is 14.2. The number of ketones is 1. The number of aromatic nitrogens is 2. The van der Waals surface area contributed by atoms with Crippen LogP contribution < -0.4 is 0 Å². The quantitative estimate of drug-likeness (QED) is 0.795. The average Bonchev–Trinajstić information content (AvgIpc) is 2.59. The van der Waals surface area contributed by atoms with Crippen LogP contribution in [0.2, 0.25) is 5.15 Å². The van der Waals surface area contributed by atoms with E-state index in [4.69, 9.17) is 11.6 Å². The molecule has 19 heavy (non-hydrogen) atoms. The molecule has 100 valence electrons. The number of nitrogens with zero attached hydrogens (tertiary/aromatic N) is 2. The van der Waals surface area contributed by atoms with Crippen molar-refractivity contribution in [3.8, 4) is 0 Å². The Hall–Kier alpha value is -1.20. The molecule has 0 unspecified atom stereocenters. The van der Waals surface area contributed by atoms with E-state index in [-0.39, 0.29) is 17.8 Å². The number of aryl methyl sites for hydroxylation is 2. The molecule has 1 aromatic heterocycles. The van der Waals surface area contributed by atoms with Gasteiger partial charge in [-0.05, 0) is 25.1 Å². The molecule has 0 radical (unpaired) electrons. The van der Waals surface area contributed by atoms with E-state index in [2.05, 4.69) is 21.0 Å². The van der Waals surface area contributed by atoms with Crippen molar-refractivity contribution in [3.05, 3.63) is 50.5 Å². The summed E-state index contributed by atoms with van der Waals surface area (Å²) in [5.74, 6) is -0.859. The van der Waals surface area contributed by atoms with Gasteiger partial charge in [-0.3, -0.25) is 9.48 Å². The molecule has 0 amide bonds. The van der Waals surface area contributed by atoms with E-state index < -0.39 is 5.82 Å². The summed E-state index contributed by atoms with van der Waals surface area (Å²) in [4.78, 5) is 12.1. The van der Waals surface area contributed by atoms with Gasteiger partial charge in [0.05, 0.1) is 11.3 Å². The summed E-state index contributed by atoms with van der Waals surface area (Å²) in [7, 11) is 1.70. The SMILES string of the molecule is Cc1nn(C)c(Cl)c1CC(=O)c1cc(Br)ccc1F. The number of hydrogen-bond acceptors (Lipinski definition) is 2. The van der Waals surface area contributed by atoms with Gasteiger partial charge in [-0.25, -0.2) is 4.39 Å². The molecule has 0 fully saturated rings. The molecule has 2 rings (SSSR count). The van der Waals surface area contributed by atoms with Crippen LogP contribution in [0.3, 0.4) is 0 Å². The zero-order valence-electron chi connectivity index (χ0n) is 10.4. The second-order valence-electron chi connectivity index (χ2n) is 4.20. The molecule has 0 saturated carbocycles. The fourth-order valence-corrected chi connectivity index (χ4v) is 2.44. The van der Waals surface area contributed by atoms with Crippen molar-refractivity contribution in [1.29, 1.82) is 0 Å². The molecular weight excluding hydrogens is 335 g/mol. The minimum atomic E-state index is -0.536. The predicted octanol–water partition coefficient (Wildman–Crippen LogP) is 3.71. The van der Waals surface area contributed by atoms with Crippen LogP contribution in [0.4, 0.5) is 4.39 Å². The smallest absolute Gasteiger partial charge is 0.170 e. The molecule has 0 bridgehead atoms. The number of Topliss-reactive ketones (excluding diaryl/α,β-unsaturated/α-hetero) is 1. The van der Waals surface area contributed by atoms with Gasteiger partial charge in [0.15, 0.2) is 5.78 Å². The summed E-state index contributed by atoms with van der Waals surface area (Å²) in [6, 6.07) is 4.28. The second-order valence-corrected chi connectivity index (χ2v) is 5.48. The third-order valence-corrected chi connectivity index (χ3v) is 3.80. The van der Waals surface area contributed by atoms with Gasteiger partial charge in [0.2, 0.25) is 0 Å². The van der Waals surface area contributed by atoms with Crippen LogP contribution in [-0.4, -0.2) is 15.6 Å². The molecule has 1 heterocycles. The summed E-state index contributed by atoms with van der Waals surface area (Å²) < 4.78 is 15.8. The molecule has 3 nitrogen and oxygen atoms in total. The van der Waals surface area contributed by atoms with Gasteiger partial charge in [0.25, 0.3) is 0 Å². The first-order valence-corrected chi connectivity index (χ1v) is 6.73. The third-order valence-electron chi connectivity index (χ3n) is 2.84. The van der Waals surface area contributed by atoms with E-state index in [9.17, 15) is 9.18 Å². The molecule has 0 atom stereocenters. The van der Waals surface area contributed by atoms with Gasteiger partial charge in [-0.2, -0.15) is 5.10 Å². The number of carbonyl (C=O) groups excluding carboxylic acids is 1. The molecule has 0 spiro atoms. The third kappa shape index (κ3) is 2.87. The van der Waals surface area contributed by atoms with E-state index in [0.717, 1.165) is 0 Å². The fourth-order valence-electron chi connectivity index (χ4n) is 1.84. The highest BCUT2D eigenvalue weighted by atomic mass is 79.9. The Kier molecular flexibility index (Phi) is 4.06. The molecule has 2 aromatic rings. The largest absolute Gasteiger partial charge is 0.294 e. The van der Waals surface area contributed by atoms with Crippen LogP contribution in [0.15, 0.2) is 22.7 Å². The maximum absolute atomic E-state index is 13.6. The number of rotatable bonds is 3. The summed E-state index contributed by atoms with van der Waals surface area (Å²) in [5, 5.41) is 4.53. The van der Waals surface area contributed by atoms with Crippen molar-refractivity contribution in [1.82, 2.24) is 9.78 Å². The first kappa shape index (κ1) is 14.2. The van der Waals surface area contributed by atoms with E-state index in [1.54, 1.807) is 20.0 Å². The number of halogens is 3. The van der Waals surface area contributed by atoms with Gasteiger partial charge in [-0.15, -0.1) is 0 Å². The summed E-state index contributed by atoms with van der Waals surface area (Å²) in [5.41, 5.74) is 1.36. The number of hydrogen-bond donors (Lipinski definition) is 0. The lowest BCUT2D eigenvalue weighted by molar-refractivity contribution is 0.0989. The van der Waals surface area contributed by atoms with Gasteiger partial charge in [0.1, 0.15) is 11.0 Å². The van der Waals surface area contributed by atoms with E-state index in [1.807, 2.05) is 0 Å². The second kappa shape index (κ2) is 5.43. The summed E-state index contributed by atoms with van der Waals surface area (Å²) >= 11 is 9.28. The maximum atomic E-state index is 13.6. The van der Waals surface area contributed by atoms with Crippen molar-refractivity contribution in [3.63, 3.8) is 0 Å². The number of benzene rings is 1. The summed E-state index contributed by atoms with van der Waals surface area (Å²) in [6.45, 7) is 1.77. The highest BCUT2D eigenvalue weighted by Crippen LogP contribution is 2.22. The lowest BCUT2D eigenvalue weighted by Gasteiger charge is -2.03. The Morgan fingerprint density at radius 1 is 1.53 bits per heavy atom. The first-order valence-electron chi connectivity index (χ1n) is 5.56. The molecule has 1 aromatic carbocycles. The Labute approximate surface area is 123 Å². The van der Waals surface area contributed by atoms with Crippen molar-refractivity contribution in [2.24, 2.45) is 7.05 Å². The predicted molar refractivity (Wildman–Crippen MR) is 75.1 cm³/mol. The Bertz CT molecular complexity index is 654. The van der Waals surface area contributed by atoms with Crippen LogP contribution in [0.5, 0.6) is 0 Å².